The quantitative estimate of drug-likeness (QED) is 0.731. The van der Waals surface area contributed by atoms with Crippen LogP contribution in [0, 0.1) is 13.8 Å². The van der Waals surface area contributed by atoms with Crippen LogP contribution in [0.25, 0.3) is 0 Å². The molecule has 8 heteroatoms. The van der Waals surface area contributed by atoms with E-state index in [1.54, 1.807) is 7.11 Å². The van der Waals surface area contributed by atoms with Crippen LogP contribution in [0.4, 0.5) is 0 Å². The molecule has 1 atom stereocenters. The van der Waals surface area contributed by atoms with E-state index in [4.69, 9.17) is 27.9 Å². The first-order chi connectivity index (χ1) is 11.3. The van der Waals surface area contributed by atoms with Crippen LogP contribution in [-0.4, -0.2) is 33.8 Å². The zero-order valence-electron chi connectivity index (χ0n) is 14.0. The second-order valence-corrected chi connectivity index (χ2v) is 6.44. The highest BCUT2D eigenvalue weighted by molar-refractivity contribution is 6.41. The van der Waals surface area contributed by atoms with Crippen molar-refractivity contribution in [2.45, 2.75) is 33.4 Å². The van der Waals surface area contributed by atoms with Gasteiger partial charge in [0.15, 0.2) is 5.78 Å². The summed E-state index contributed by atoms with van der Waals surface area (Å²) in [5.41, 5.74) is 1.75. The summed E-state index contributed by atoms with van der Waals surface area (Å²) >= 11 is 11.6. The van der Waals surface area contributed by atoms with Gasteiger partial charge in [0.1, 0.15) is 11.6 Å². The van der Waals surface area contributed by atoms with Gasteiger partial charge in [-0.3, -0.25) is 9.59 Å². The Labute approximate surface area is 149 Å². The van der Waals surface area contributed by atoms with Crippen molar-refractivity contribution in [1.82, 2.24) is 14.3 Å². The third-order valence-electron chi connectivity index (χ3n) is 3.87. The van der Waals surface area contributed by atoms with E-state index in [0.29, 0.717) is 12.2 Å². The van der Waals surface area contributed by atoms with E-state index in [-0.39, 0.29) is 28.4 Å². The fourth-order valence-electron chi connectivity index (χ4n) is 2.83. The highest BCUT2D eigenvalue weighted by Gasteiger charge is 2.20. The van der Waals surface area contributed by atoms with E-state index in [2.05, 4.69) is 5.10 Å². The van der Waals surface area contributed by atoms with E-state index in [1.165, 1.54) is 6.20 Å². The number of halogens is 2. The van der Waals surface area contributed by atoms with Crippen molar-refractivity contribution in [2.75, 3.05) is 13.7 Å². The first-order valence-electron chi connectivity index (χ1n) is 7.39. The normalized spacial score (nSPS) is 12.4. The van der Waals surface area contributed by atoms with Gasteiger partial charge in [0.2, 0.25) is 0 Å². The van der Waals surface area contributed by atoms with Gasteiger partial charge in [-0.15, -0.1) is 0 Å². The van der Waals surface area contributed by atoms with Gasteiger partial charge in [0, 0.05) is 24.1 Å². The Morgan fingerprint density at radius 3 is 2.67 bits per heavy atom. The Hall–Kier alpha value is -1.63. The van der Waals surface area contributed by atoms with Gasteiger partial charge in [0.05, 0.1) is 23.9 Å². The second kappa shape index (κ2) is 7.51. The fraction of sp³-hybridized carbons (Fsp3) is 0.438. The summed E-state index contributed by atoms with van der Waals surface area (Å²) in [7, 11) is 1.64. The van der Waals surface area contributed by atoms with Gasteiger partial charge in [-0.05, 0) is 26.8 Å². The zero-order chi connectivity index (χ0) is 18.0. The maximum absolute atomic E-state index is 12.6. The van der Waals surface area contributed by atoms with Gasteiger partial charge in [-0.2, -0.15) is 5.10 Å². The van der Waals surface area contributed by atoms with Crippen LogP contribution in [0.1, 0.15) is 34.7 Å². The third-order valence-corrected chi connectivity index (χ3v) is 4.62. The average molecular weight is 372 g/mol. The van der Waals surface area contributed by atoms with E-state index < -0.39 is 5.56 Å². The Morgan fingerprint density at radius 1 is 1.38 bits per heavy atom. The van der Waals surface area contributed by atoms with Crippen molar-refractivity contribution in [3.05, 3.63) is 49.6 Å². The molecule has 2 rings (SSSR count). The van der Waals surface area contributed by atoms with Gasteiger partial charge >= 0.3 is 0 Å². The lowest BCUT2D eigenvalue weighted by atomic mass is 10.1. The number of carbonyl (C=O) groups excluding carboxylic acids is 1. The molecule has 130 valence electrons. The summed E-state index contributed by atoms with van der Waals surface area (Å²) in [6.45, 7) is 6.16. The SMILES string of the molecule is COC[C@H](C)n1c(C)cc(C(=O)Cn2ncc(Cl)c(Cl)c2=O)c1C. The lowest BCUT2D eigenvalue weighted by Crippen LogP contribution is -2.27. The van der Waals surface area contributed by atoms with Gasteiger partial charge in [-0.1, -0.05) is 23.2 Å². The lowest BCUT2D eigenvalue weighted by Gasteiger charge is -2.17. The van der Waals surface area contributed by atoms with E-state index in [0.717, 1.165) is 16.1 Å². The number of hydrogen-bond donors (Lipinski definition) is 0. The van der Waals surface area contributed by atoms with Gasteiger partial charge < -0.3 is 9.30 Å². The molecule has 2 aromatic rings. The molecular formula is C16H19Cl2N3O3. The second-order valence-electron chi connectivity index (χ2n) is 5.65. The molecule has 0 aliphatic carbocycles. The summed E-state index contributed by atoms with van der Waals surface area (Å²) in [4.78, 5) is 24.6. The summed E-state index contributed by atoms with van der Waals surface area (Å²) in [5.74, 6) is -0.216. The number of nitrogens with zero attached hydrogens (tertiary/aromatic N) is 3. The molecule has 0 fully saturated rings. The molecule has 0 amide bonds. The number of aromatic nitrogens is 3. The Bertz CT molecular complexity index is 827. The molecule has 0 unspecified atom stereocenters. The highest BCUT2D eigenvalue weighted by Crippen LogP contribution is 2.21. The lowest BCUT2D eigenvalue weighted by molar-refractivity contribution is 0.0964. The standard InChI is InChI=1S/C16H19Cl2N3O3/c1-9-5-12(11(3)21(9)10(2)8-24-4)14(22)7-20-16(23)15(18)13(17)6-19-20/h5-6,10H,7-8H2,1-4H3/t10-/m0/s1. The molecule has 0 aromatic carbocycles. The van der Waals surface area contributed by atoms with Crippen molar-refractivity contribution in [3.63, 3.8) is 0 Å². The number of rotatable bonds is 6. The minimum Gasteiger partial charge on any atom is -0.383 e. The fourth-order valence-corrected chi connectivity index (χ4v) is 3.10. The number of aryl methyl sites for hydroxylation is 1. The summed E-state index contributed by atoms with van der Waals surface area (Å²) in [6, 6.07) is 1.91. The largest absolute Gasteiger partial charge is 0.383 e. The Balaban J connectivity index is 2.33. The van der Waals surface area contributed by atoms with Crippen LogP contribution in [0.15, 0.2) is 17.1 Å². The molecule has 24 heavy (non-hydrogen) atoms. The zero-order valence-corrected chi connectivity index (χ0v) is 15.5. The van der Waals surface area contributed by atoms with Crippen LogP contribution < -0.4 is 5.56 Å². The van der Waals surface area contributed by atoms with Crippen LogP contribution in [0.5, 0.6) is 0 Å². The van der Waals surface area contributed by atoms with Crippen LogP contribution in [0.2, 0.25) is 10.0 Å². The molecule has 2 aromatic heterocycles. The summed E-state index contributed by atoms with van der Waals surface area (Å²) in [6.07, 6.45) is 1.25. The Kier molecular flexibility index (Phi) is 5.85. The third kappa shape index (κ3) is 3.55. The first-order valence-corrected chi connectivity index (χ1v) is 8.15. The van der Waals surface area contributed by atoms with Gasteiger partial charge in [0.25, 0.3) is 5.56 Å². The number of methoxy groups -OCH3 is 1. The van der Waals surface area contributed by atoms with Gasteiger partial charge in [-0.25, -0.2) is 4.68 Å². The van der Waals surface area contributed by atoms with Crippen LogP contribution in [-0.2, 0) is 11.3 Å². The molecule has 2 heterocycles. The smallest absolute Gasteiger partial charge is 0.287 e. The molecule has 0 aliphatic rings. The molecule has 0 spiro atoms. The molecule has 0 aliphatic heterocycles. The number of carbonyl (C=O) groups is 1. The highest BCUT2D eigenvalue weighted by atomic mass is 35.5. The first kappa shape index (κ1) is 18.7. The van der Waals surface area contributed by atoms with Crippen molar-refractivity contribution < 1.29 is 9.53 Å². The maximum atomic E-state index is 12.6. The summed E-state index contributed by atoms with van der Waals surface area (Å²) in [5, 5.41) is 3.79. The predicted molar refractivity (Wildman–Crippen MR) is 93.3 cm³/mol. The van der Waals surface area contributed by atoms with E-state index in [9.17, 15) is 9.59 Å². The van der Waals surface area contributed by atoms with E-state index >= 15 is 0 Å². The molecule has 0 N–H and O–H groups in total. The van der Waals surface area contributed by atoms with Crippen LogP contribution in [0.3, 0.4) is 0 Å². The molecule has 0 radical (unpaired) electrons. The van der Waals surface area contributed by atoms with E-state index in [1.807, 2.05) is 31.4 Å². The van der Waals surface area contributed by atoms with Crippen molar-refractivity contribution in [2.24, 2.45) is 0 Å². The molecule has 0 bridgehead atoms. The molecule has 6 nitrogen and oxygen atoms in total. The topological polar surface area (TPSA) is 66.1 Å². The Morgan fingerprint density at radius 2 is 2.04 bits per heavy atom. The van der Waals surface area contributed by atoms with Crippen molar-refractivity contribution in [1.29, 1.82) is 0 Å². The minimum atomic E-state index is -0.584. The minimum absolute atomic E-state index is 0.0666. The summed E-state index contributed by atoms with van der Waals surface area (Å²) < 4.78 is 8.24. The predicted octanol–water partition coefficient (Wildman–Crippen LogP) is 3.06. The number of ketones is 1. The van der Waals surface area contributed by atoms with Crippen molar-refractivity contribution >= 4 is 29.0 Å². The van der Waals surface area contributed by atoms with Crippen LogP contribution >= 0.6 is 23.2 Å². The molecule has 0 saturated carbocycles. The maximum Gasteiger partial charge on any atom is 0.287 e. The molecular weight excluding hydrogens is 353 g/mol. The average Bonchev–Trinajstić information content (AvgIpc) is 2.83. The van der Waals surface area contributed by atoms with Crippen molar-refractivity contribution in [3.8, 4) is 0 Å². The molecule has 0 saturated heterocycles. The monoisotopic (exact) mass is 371 g/mol. The number of ether oxygens (including phenoxy) is 1. The number of hydrogen-bond acceptors (Lipinski definition) is 4. The number of Topliss-reactive ketones (excluding diaryl/α,β-unsaturated/α-hetero) is 1.